The van der Waals surface area contributed by atoms with Crippen LogP contribution in [0.2, 0.25) is 10.0 Å². The summed E-state index contributed by atoms with van der Waals surface area (Å²) in [5, 5.41) is 5.99. The Hall–Kier alpha value is -1.36. The van der Waals surface area contributed by atoms with Gasteiger partial charge in [0.2, 0.25) is 0 Å². The molecule has 0 fully saturated rings. The molecule has 0 radical (unpaired) electrons. The summed E-state index contributed by atoms with van der Waals surface area (Å²) in [6.45, 7) is 17.6. The summed E-state index contributed by atoms with van der Waals surface area (Å²) < 4.78 is 8.27. The highest BCUT2D eigenvalue weighted by atomic mass is 35.5. The number of benzene rings is 1. The summed E-state index contributed by atoms with van der Waals surface area (Å²) in [5.74, 6) is 0. The smallest absolute Gasteiger partial charge is 0.137 e. The van der Waals surface area contributed by atoms with Crippen molar-refractivity contribution in [2.75, 3.05) is 6.61 Å². The fourth-order valence-corrected chi connectivity index (χ4v) is 5.11. The van der Waals surface area contributed by atoms with Gasteiger partial charge in [0, 0.05) is 10.0 Å². The third-order valence-electron chi connectivity index (χ3n) is 6.07. The molecule has 0 aliphatic rings. The van der Waals surface area contributed by atoms with Gasteiger partial charge in [-0.1, -0.05) is 76.7 Å². The van der Waals surface area contributed by atoms with Gasteiger partial charge in [0.25, 0.3) is 0 Å². The molecule has 31 heavy (non-hydrogen) atoms. The van der Waals surface area contributed by atoms with Crippen LogP contribution in [0.1, 0.15) is 72.8 Å². The minimum atomic E-state index is -0.324. The van der Waals surface area contributed by atoms with Crippen LogP contribution in [-0.2, 0) is 15.7 Å². The number of rotatable bonds is 11. The van der Waals surface area contributed by atoms with E-state index in [0.717, 1.165) is 41.3 Å². The summed E-state index contributed by atoms with van der Waals surface area (Å²) in [7, 11) is 0. The first-order valence-corrected chi connectivity index (χ1v) is 11.7. The molecular formula is C25H37Cl2N3O. The topological polar surface area (TPSA) is 39.9 Å². The first-order chi connectivity index (χ1) is 14.4. The Morgan fingerprint density at radius 3 is 2.35 bits per heavy atom. The van der Waals surface area contributed by atoms with E-state index < -0.39 is 0 Å². The highest BCUT2D eigenvalue weighted by Crippen LogP contribution is 2.40. The SMILES string of the molecule is C=CCOC(C(C)(C)C)C(C)(CCCCC(C)(C)c1cc(Cl)ccc1Cl)n1cncn1. The molecule has 4 nitrogen and oxygen atoms in total. The summed E-state index contributed by atoms with van der Waals surface area (Å²) >= 11 is 12.7. The molecule has 0 saturated heterocycles. The largest absolute Gasteiger partial charge is 0.371 e. The summed E-state index contributed by atoms with van der Waals surface area (Å²) in [6.07, 6.45) is 9.16. The van der Waals surface area contributed by atoms with E-state index in [2.05, 4.69) is 58.2 Å². The van der Waals surface area contributed by atoms with Crippen LogP contribution in [0.4, 0.5) is 0 Å². The number of aromatic nitrogens is 3. The van der Waals surface area contributed by atoms with Gasteiger partial charge >= 0.3 is 0 Å². The van der Waals surface area contributed by atoms with Gasteiger partial charge in [-0.15, -0.1) is 6.58 Å². The van der Waals surface area contributed by atoms with E-state index in [1.54, 1.807) is 18.7 Å². The fourth-order valence-electron chi connectivity index (χ4n) is 4.57. The fraction of sp³-hybridized carbons (Fsp3) is 0.600. The zero-order chi connectivity index (χ0) is 23.3. The second-order valence-electron chi connectivity index (χ2n) is 10.3. The second kappa shape index (κ2) is 10.5. The van der Waals surface area contributed by atoms with Crippen molar-refractivity contribution in [3.63, 3.8) is 0 Å². The van der Waals surface area contributed by atoms with Gasteiger partial charge in [-0.2, -0.15) is 5.10 Å². The second-order valence-corrected chi connectivity index (χ2v) is 11.1. The standard InChI is InChI=1S/C25H37Cl2N3O/c1-8-15-31-22(23(2,3)4)25(7,30-18-28-17-29-30)14-10-9-13-24(5,6)20-16-19(26)11-12-21(20)27/h8,11-12,16-18,22H,1,9-10,13-15H2,2-7H3. The van der Waals surface area contributed by atoms with Gasteiger partial charge in [-0.25, -0.2) is 9.67 Å². The van der Waals surface area contributed by atoms with E-state index in [4.69, 9.17) is 27.9 Å². The minimum absolute atomic E-state index is 0.0462. The van der Waals surface area contributed by atoms with Crippen molar-refractivity contribution in [2.45, 2.75) is 84.3 Å². The quantitative estimate of drug-likeness (QED) is 0.255. The molecule has 6 heteroatoms. The third-order valence-corrected chi connectivity index (χ3v) is 6.63. The monoisotopic (exact) mass is 465 g/mol. The van der Waals surface area contributed by atoms with Crippen LogP contribution in [-0.4, -0.2) is 27.5 Å². The highest BCUT2D eigenvalue weighted by Gasteiger charge is 2.44. The molecule has 0 saturated carbocycles. The summed E-state index contributed by atoms with van der Waals surface area (Å²) in [6, 6.07) is 5.71. The lowest BCUT2D eigenvalue weighted by Crippen LogP contribution is -2.51. The molecule has 0 N–H and O–H groups in total. The van der Waals surface area contributed by atoms with Crippen LogP contribution in [0, 0.1) is 5.41 Å². The van der Waals surface area contributed by atoms with Crippen molar-refractivity contribution >= 4 is 23.2 Å². The molecule has 0 aliphatic carbocycles. The predicted molar refractivity (Wildman–Crippen MR) is 131 cm³/mol. The Morgan fingerprint density at radius 1 is 1.10 bits per heavy atom. The molecule has 2 atom stereocenters. The van der Waals surface area contributed by atoms with Gasteiger partial charge in [0.05, 0.1) is 18.2 Å². The molecule has 0 bridgehead atoms. The van der Waals surface area contributed by atoms with E-state index in [0.29, 0.717) is 6.61 Å². The van der Waals surface area contributed by atoms with E-state index in [9.17, 15) is 0 Å². The van der Waals surface area contributed by atoms with Crippen LogP contribution in [0.5, 0.6) is 0 Å². The lowest BCUT2D eigenvalue weighted by molar-refractivity contribution is -0.0869. The predicted octanol–water partition coefficient (Wildman–Crippen LogP) is 7.46. The van der Waals surface area contributed by atoms with E-state index in [1.807, 2.05) is 22.9 Å². The first-order valence-electron chi connectivity index (χ1n) is 10.9. The molecule has 0 aliphatic heterocycles. The Bertz CT molecular complexity index is 843. The van der Waals surface area contributed by atoms with Crippen LogP contribution >= 0.6 is 23.2 Å². The Morgan fingerprint density at radius 2 is 1.77 bits per heavy atom. The molecule has 0 spiro atoms. The Balaban J connectivity index is 2.16. The number of halogens is 2. The van der Waals surface area contributed by atoms with Gasteiger partial charge in [0.1, 0.15) is 12.7 Å². The molecule has 172 valence electrons. The van der Waals surface area contributed by atoms with Crippen molar-refractivity contribution in [1.82, 2.24) is 14.8 Å². The maximum Gasteiger partial charge on any atom is 0.137 e. The van der Waals surface area contributed by atoms with Crippen molar-refractivity contribution in [1.29, 1.82) is 0 Å². The van der Waals surface area contributed by atoms with E-state index in [1.165, 1.54) is 0 Å². The molecule has 1 heterocycles. The van der Waals surface area contributed by atoms with Crippen molar-refractivity contribution < 1.29 is 4.74 Å². The molecule has 2 rings (SSSR count). The minimum Gasteiger partial charge on any atom is -0.371 e. The van der Waals surface area contributed by atoms with Crippen LogP contribution in [0.25, 0.3) is 0 Å². The number of unbranched alkanes of at least 4 members (excludes halogenated alkanes) is 1. The number of nitrogens with zero attached hydrogens (tertiary/aromatic N) is 3. The molecule has 1 aromatic carbocycles. The summed E-state index contributed by atoms with van der Waals surface area (Å²) in [4.78, 5) is 4.21. The lowest BCUT2D eigenvalue weighted by atomic mass is 9.74. The van der Waals surface area contributed by atoms with Gasteiger partial charge in [0.15, 0.2) is 0 Å². The maximum absolute atomic E-state index is 6.47. The zero-order valence-electron chi connectivity index (χ0n) is 19.8. The van der Waals surface area contributed by atoms with E-state index in [-0.39, 0.29) is 22.5 Å². The molecule has 2 unspecified atom stereocenters. The van der Waals surface area contributed by atoms with Crippen molar-refractivity contribution in [3.05, 3.63) is 59.1 Å². The normalized spacial score (nSPS) is 15.5. The Kier molecular flexibility index (Phi) is 8.77. The zero-order valence-corrected chi connectivity index (χ0v) is 21.3. The number of ether oxygens (including phenoxy) is 1. The lowest BCUT2D eigenvalue weighted by Gasteiger charge is -2.44. The molecule has 1 aromatic heterocycles. The third kappa shape index (κ3) is 6.57. The van der Waals surface area contributed by atoms with Gasteiger partial charge < -0.3 is 4.74 Å². The van der Waals surface area contributed by atoms with Crippen LogP contribution < -0.4 is 0 Å². The van der Waals surface area contributed by atoms with Crippen LogP contribution in [0.15, 0.2) is 43.5 Å². The first kappa shape index (κ1) is 25.9. The van der Waals surface area contributed by atoms with Gasteiger partial charge in [-0.3, -0.25) is 0 Å². The average molecular weight is 466 g/mol. The molecular weight excluding hydrogens is 429 g/mol. The summed E-state index contributed by atoms with van der Waals surface area (Å²) in [5.41, 5.74) is 0.643. The molecule has 0 amide bonds. The van der Waals surface area contributed by atoms with Crippen molar-refractivity contribution in [2.24, 2.45) is 5.41 Å². The molecule has 2 aromatic rings. The maximum atomic E-state index is 6.47. The average Bonchev–Trinajstić information content (AvgIpc) is 3.22. The Labute approximate surface area is 198 Å². The number of hydrogen-bond acceptors (Lipinski definition) is 3. The van der Waals surface area contributed by atoms with Crippen molar-refractivity contribution in [3.8, 4) is 0 Å². The van der Waals surface area contributed by atoms with Gasteiger partial charge in [-0.05, 0) is 54.4 Å². The highest BCUT2D eigenvalue weighted by molar-refractivity contribution is 6.33. The number of hydrogen-bond donors (Lipinski definition) is 0. The van der Waals surface area contributed by atoms with Crippen LogP contribution in [0.3, 0.4) is 0 Å². The van der Waals surface area contributed by atoms with E-state index >= 15 is 0 Å².